The number of para-hydroxylation sites is 2. The standard InChI is InChI=1S/C57H35N5O/c1-4-16-36(17-5-1)39-22-14-23-40(32-39)61-48-27-12-10-24-42(48)45-35-51-46(34-50(45)61)43-25-11-13-28-49(43)62(51)41-30-31-52-47(33-41)54-44(26-15-29-53(54)63-52)57-59-55(37-18-6-2-7-19-37)58-56(60-57)38-20-8-3-9-21-38/h1-35H. The van der Waals surface area contributed by atoms with Crippen LogP contribution in [0.5, 0.6) is 0 Å². The Kier molecular flexibility index (Phi) is 7.80. The van der Waals surface area contributed by atoms with Gasteiger partial charge in [0.05, 0.1) is 22.1 Å². The molecule has 6 nitrogen and oxygen atoms in total. The van der Waals surface area contributed by atoms with Gasteiger partial charge >= 0.3 is 0 Å². The molecule has 0 saturated heterocycles. The number of nitrogens with zero attached hydrogens (tertiary/aromatic N) is 5. The maximum absolute atomic E-state index is 6.60. The summed E-state index contributed by atoms with van der Waals surface area (Å²) in [4.78, 5) is 15.2. The average Bonchev–Trinajstić information content (AvgIpc) is 4.01. The molecule has 0 fully saturated rings. The van der Waals surface area contributed by atoms with Crippen LogP contribution in [-0.4, -0.2) is 24.1 Å². The van der Waals surface area contributed by atoms with E-state index in [4.69, 9.17) is 19.4 Å². The van der Waals surface area contributed by atoms with E-state index in [-0.39, 0.29) is 0 Å². The molecule has 6 heteroatoms. The fourth-order valence-electron chi connectivity index (χ4n) is 9.51. The second-order valence-corrected chi connectivity index (χ2v) is 16.0. The SMILES string of the molecule is c1ccc(-c2cccc(-n3c4ccccc4c4cc5c(cc43)c3ccccc3n5-c3ccc4oc5cccc(-c6nc(-c7ccccc7)nc(-c7ccccc7)n6)c5c4c3)c2)cc1. The van der Waals surface area contributed by atoms with Gasteiger partial charge in [-0.2, -0.15) is 0 Å². The van der Waals surface area contributed by atoms with Crippen molar-refractivity contribution in [2.24, 2.45) is 0 Å². The van der Waals surface area contributed by atoms with Gasteiger partial charge in [-0.3, -0.25) is 0 Å². The Labute approximate surface area is 361 Å². The summed E-state index contributed by atoms with van der Waals surface area (Å²) in [6.45, 7) is 0. The Morgan fingerprint density at radius 2 is 0.810 bits per heavy atom. The lowest BCUT2D eigenvalue weighted by atomic mass is 10.0. The van der Waals surface area contributed by atoms with Crippen molar-refractivity contribution in [3.8, 4) is 56.7 Å². The molecule has 0 amide bonds. The Morgan fingerprint density at radius 1 is 0.302 bits per heavy atom. The van der Waals surface area contributed by atoms with Crippen LogP contribution in [0.1, 0.15) is 0 Å². The predicted molar refractivity (Wildman–Crippen MR) is 258 cm³/mol. The van der Waals surface area contributed by atoms with Crippen molar-refractivity contribution in [2.75, 3.05) is 0 Å². The molecule has 9 aromatic carbocycles. The quantitative estimate of drug-likeness (QED) is 0.168. The van der Waals surface area contributed by atoms with Gasteiger partial charge in [-0.05, 0) is 71.8 Å². The van der Waals surface area contributed by atoms with E-state index < -0.39 is 0 Å². The van der Waals surface area contributed by atoms with Crippen molar-refractivity contribution in [3.63, 3.8) is 0 Å². The summed E-state index contributed by atoms with van der Waals surface area (Å²) in [5.41, 5.74) is 13.5. The first-order valence-electron chi connectivity index (χ1n) is 21.2. The largest absolute Gasteiger partial charge is 0.456 e. The zero-order valence-electron chi connectivity index (χ0n) is 33.9. The Hall–Kier alpha value is -8.61. The minimum atomic E-state index is 0.589. The maximum atomic E-state index is 6.60. The highest BCUT2D eigenvalue weighted by molar-refractivity contribution is 6.19. The lowest BCUT2D eigenvalue weighted by Gasteiger charge is -2.11. The van der Waals surface area contributed by atoms with Crippen LogP contribution in [0.3, 0.4) is 0 Å². The minimum Gasteiger partial charge on any atom is -0.456 e. The van der Waals surface area contributed by atoms with Crippen LogP contribution in [0.2, 0.25) is 0 Å². The number of hydrogen-bond acceptors (Lipinski definition) is 4. The minimum absolute atomic E-state index is 0.589. The van der Waals surface area contributed by atoms with Gasteiger partial charge in [0.25, 0.3) is 0 Å². The average molecular weight is 806 g/mol. The third-order valence-corrected chi connectivity index (χ3v) is 12.4. The molecule has 0 unspecified atom stereocenters. The molecule has 13 aromatic rings. The monoisotopic (exact) mass is 805 g/mol. The van der Waals surface area contributed by atoms with Crippen LogP contribution < -0.4 is 0 Å². The molecule has 13 rings (SSSR count). The third kappa shape index (κ3) is 5.62. The number of hydrogen-bond donors (Lipinski definition) is 0. The molecule has 0 N–H and O–H groups in total. The molecule has 63 heavy (non-hydrogen) atoms. The van der Waals surface area contributed by atoms with Gasteiger partial charge in [0.15, 0.2) is 17.5 Å². The molecule has 0 aliphatic carbocycles. The summed E-state index contributed by atoms with van der Waals surface area (Å²) in [6.07, 6.45) is 0. The van der Waals surface area contributed by atoms with Crippen LogP contribution in [0.25, 0.3) is 122 Å². The van der Waals surface area contributed by atoms with E-state index in [1.807, 2.05) is 72.8 Å². The van der Waals surface area contributed by atoms with Gasteiger partial charge in [-0.1, -0.05) is 152 Å². The van der Waals surface area contributed by atoms with E-state index in [0.717, 1.165) is 61.0 Å². The summed E-state index contributed by atoms with van der Waals surface area (Å²) in [6, 6.07) is 74.6. The summed E-state index contributed by atoms with van der Waals surface area (Å²) in [5.74, 6) is 1.82. The van der Waals surface area contributed by atoms with Crippen LogP contribution >= 0.6 is 0 Å². The number of aromatic nitrogens is 5. The first-order chi connectivity index (χ1) is 31.2. The summed E-state index contributed by atoms with van der Waals surface area (Å²) < 4.78 is 11.4. The molecule has 4 heterocycles. The van der Waals surface area contributed by atoms with Crippen LogP contribution in [0, 0.1) is 0 Å². The fourth-order valence-corrected chi connectivity index (χ4v) is 9.51. The lowest BCUT2D eigenvalue weighted by molar-refractivity contribution is 0.669. The van der Waals surface area contributed by atoms with Gasteiger partial charge < -0.3 is 13.6 Å². The van der Waals surface area contributed by atoms with Crippen molar-refractivity contribution in [1.29, 1.82) is 0 Å². The molecule has 294 valence electrons. The smallest absolute Gasteiger partial charge is 0.164 e. The zero-order chi connectivity index (χ0) is 41.4. The highest BCUT2D eigenvalue weighted by Crippen LogP contribution is 2.42. The number of benzene rings is 9. The van der Waals surface area contributed by atoms with E-state index in [1.165, 1.54) is 43.7 Å². The summed E-state index contributed by atoms with van der Waals surface area (Å²) in [7, 11) is 0. The van der Waals surface area contributed by atoms with Gasteiger partial charge in [-0.25, -0.2) is 15.0 Å². The zero-order valence-corrected chi connectivity index (χ0v) is 33.9. The van der Waals surface area contributed by atoms with E-state index in [0.29, 0.717) is 17.5 Å². The van der Waals surface area contributed by atoms with Crippen molar-refractivity contribution < 1.29 is 4.42 Å². The van der Waals surface area contributed by atoms with Gasteiger partial charge in [0.1, 0.15) is 11.2 Å². The Bertz CT molecular complexity index is 3850. The molecular weight excluding hydrogens is 771 g/mol. The normalized spacial score (nSPS) is 11.8. The van der Waals surface area contributed by atoms with E-state index >= 15 is 0 Å². The molecule has 0 saturated carbocycles. The summed E-state index contributed by atoms with van der Waals surface area (Å²) in [5, 5.41) is 6.73. The van der Waals surface area contributed by atoms with E-state index in [2.05, 4.69) is 149 Å². The molecule has 0 aliphatic rings. The molecule has 0 aliphatic heterocycles. The molecule has 0 radical (unpaired) electrons. The third-order valence-electron chi connectivity index (χ3n) is 12.4. The second kappa shape index (κ2) is 14.0. The topological polar surface area (TPSA) is 61.7 Å². The van der Waals surface area contributed by atoms with Gasteiger partial charge in [0.2, 0.25) is 0 Å². The van der Waals surface area contributed by atoms with Crippen LogP contribution in [0.4, 0.5) is 0 Å². The van der Waals surface area contributed by atoms with Crippen molar-refractivity contribution in [3.05, 3.63) is 212 Å². The van der Waals surface area contributed by atoms with Gasteiger partial charge in [-0.15, -0.1) is 0 Å². The first kappa shape index (κ1) is 35.2. The summed E-state index contributed by atoms with van der Waals surface area (Å²) >= 11 is 0. The number of furan rings is 1. The maximum Gasteiger partial charge on any atom is 0.164 e. The molecule has 0 bridgehead atoms. The van der Waals surface area contributed by atoms with E-state index in [9.17, 15) is 0 Å². The Morgan fingerprint density at radius 3 is 1.43 bits per heavy atom. The van der Waals surface area contributed by atoms with Crippen LogP contribution in [-0.2, 0) is 0 Å². The van der Waals surface area contributed by atoms with Gasteiger partial charge in [0, 0.05) is 60.4 Å². The Balaban J connectivity index is 1.03. The number of rotatable bonds is 6. The molecule has 0 spiro atoms. The fraction of sp³-hybridized carbons (Fsp3) is 0. The first-order valence-corrected chi connectivity index (χ1v) is 21.2. The molecule has 0 atom stereocenters. The van der Waals surface area contributed by atoms with Crippen molar-refractivity contribution in [1.82, 2.24) is 24.1 Å². The van der Waals surface area contributed by atoms with E-state index in [1.54, 1.807) is 0 Å². The number of fused-ring (bicyclic) bond motifs is 9. The lowest BCUT2D eigenvalue weighted by Crippen LogP contribution is -2.00. The van der Waals surface area contributed by atoms with Crippen molar-refractivity contribution >= 4 is 65.6 Å². The van der Waals surface area contributed by atoms with Crippen molar-refractivity contribution in [2.45, 2.75) is 0 Å². The molecule has 4 aromatic heterocycles. The highest BCUT2D eigenvalue weighted by atomic mass is 16.3. The second-order valence-electron chi connectivity index (χ2n) is 16.0. The highest BCUT2D eigenvalue weighted by Gasteiger charge is 2.22. The predicted octanol–water partition coefficient (Wildman–Crippen LogP) is 14.6. The molecular formula is C57H35N5O. The van der Waals surface area contributed by atoms with Crippen LogP contribution in [0.15, 0.2) is 217 Å².